The molecule has 204 valence electrons. The molecule has 0 saturated heterocycles. The topological polar surface area (TPSA) is 106 Å². The number of fused-ring (bicyclic) bond motifs is 2. The minimum Gasteiger partial charge on any atom is -0.480 e. The molecule has 0 aromatic carbocycles. The van der Waals surface area contributed by atoms with E-state index < -0.39 is 5.97 Å². The van der Waals surface area contributed by atoms with Crippen LogP contribution in [0.1, 0.15) is 79.7 Å². The van der Waals surface area contributed by atoms with Crippen molar-refractivity contribution in [3.8, 4) is 0 Å². The second-order valence-electron chi connectivity index (χ2n) is 11.8. The third kappa shape index (κ3) is 4.87. The summed E-state index contributed by atoms with van der Waals surface area (Å²) in [5.41, 5.74) is 1.18. The van der Waals surface area contributed by atoms with Crippen molar-refractivity contribution in [2.75, 3.05) is 11.9 Å². The molecule has 0 fully saturated rings. The molecule has 4 heterocycles. The molecule has 2 aromatic heterocycles. The Labute approximate surface area is 220 Å². The molecule has 2 N–H and O–H groups in total. The van der Waals surface area contributed by atoms with Crippen molar-refractivity contribution >= 4 is 11.7 Å². The van der Waals surface area contributed by atoms with Crippen LogP contribution in [0.5, 0.6) is 0 Å². The highest BCUT2D eigenvalue weighted by Gasteiger charge is 2.45. The van der Waals surface area contributed by atoms with E-state index in [-0.39, 0.29) is 28.7 Å². The first-order valence-electron chi connectivity index (χ1n) is 13.6. The number of rotatable bonds is 7. The SMILES string of the molecule is CC(C)C1(C(C)C)CCc2ccc(NCC(=O)O)c(=O)n21.CC(C)C1(C(C)C)CCc2nccc(=O)n21. The first kappa shape index (κ1) is 28.7. The zero-order chi connectivity index (χ0) is 27.7. The summed E-state index contributed by atoms with van der Waals surface area (Å²) in [6, 6.07) is 5.22. The molecule has 0 aliphatic carbocycles. The van der Waals surface area contributed by atoms with Crippen molar-refractivity contribution < 1.29 is 9.90 Å². The van der Waals surface area contributed by atoms with Gasteiger partial charge < -0.3 is 15.0 Å². The lowest BCUT2D eigenvalue weighted by Crippen LogP contribution is -2.47. The van der Waals surface area contributed by atoms with E-state index in [1.165, 1.54) is 0 Å². The highest BCUT2D eigenvalue weighted by molar-refractivity contribution is 5.72. The summed E-state index contributed by atoms with van der Waals surface area (Å²) in [4.78, 5) is 39.9. The van der Waals surface area contributed by atoms with Gasteiger partial charge in [0, 0.05) is 24.4 Å². The Morgan fingerprint density at radius 1 is 0.892 bits per heavy atom. The number of aromatic nitrogens is 3. The number of pyridine rings is 1. The van der Waals surface area contributed by atoms with Crippen LogP contribution >= 0.6 is 0 Å². The Bertz CT molecular complexity index is 1220. The number of carbonyl (C=O) groups is 1. The molecule has 0 bridgehead atoms. The molecule has 2 aliphatic heterocycles. The van der Waals surface area contributed by atoms with Crippen molar-refractivity contribution in [2.24, 2.45) is 23.7 Å². The molecule has 8 heteroatoms. The van der Waals surface area contributed by atoms with Gasteiger partial charge in [-0.2, -0.15) is 0 Å². The number of carboxylic acid groups (broad SMARTS) is 1. The summed E-state index contributed by atoms with van der Waals surface area (Å²) in [6.45, 7) is 17.2. The monoisotopic (exact) mass is 512 g/mol. The molecule has 4 rings (SSSR count). The Balaban J connectivity index is 0.000000213. The molecule has 0 radical (unpaired) electrons. The lowest BCUT2D eigenvalue weighted by molar-refractivity contribution is -0.134. The second kappa shape index (κ2) is 10.8. The number of hydrogen-bond donors (Lipinski definition) is 2. The van der Waals surface area contributed by atoms with E-state index >= 15 is 0 Å². The first-order valence-corrected chi connectivity index (χ1v) is 13.6. The Hall–Kier alpha value is -2.90. The molecule has 0 saturated carbocycles. The third-order valence-electron chi connectivity index (χ3n) is 8.87. The summed E-state index contributed by atoms with van der Waals surface area (Å²) in [5, 5.41) is 11.5. The van der Waals surface area contributed by atoms with Gasteiger partial charge in [0.25, 0.3) is 11.1 Å². The number of aliphatic carboxylic acids is 1. The lowest BCUT2D eigenvalue weighted by atomic mass is 9.75. The third-order valence-corrected chi connectivity index (χ3v) is 8.87. The van der Waals surface area contributed by atoms with Crippen LogP contribution in [0.15, 0.2) is 34.0 Å². The zero-order valence-electron chi connectivity index (χ0n) is 23.7. The van der Waals surface area contributed by atoms with Crippen LogP contribution in [0.2, 0.25) is 0 Å². The maximum atomic E-state index is 12.8. The largest absolute Gasteiger partial charge is 0.480 e. The van der Waals surface area contributed by atoms with Gasteiger partial charge in [-0.25, -0.2) is 4.98 Å². The Kier molecular flexibility index (Phi) is 8.40. The molecular weight excluding hydrogens is 468 g/mol. The van der Waals surface area contributed by atoms with Gasteiger partial charge in [-0.1, -0.05) is 55.4 Å². The summed E-state index contributed by atoms with van der Waals surface area (Å²) in [5.74, 6) is 1.57. The highest BCUT2D eigenvalue weighted by Crippen LogP contribution is 2.43. The van der Waals surface area contributed by atoms with Gasteiger partial charge in [-0.3, -0.25) is 19.0 Å². The van der Waals surface area contributed by atoms with Gasteiger partial charge in [-0.05, 0) is 55.1 Å². The smallest absolute Gasteiger partial charge is 0.322 e. The predicted octanol–water partition coefficient (Wildman–Crippen LogP) is 4.50. The van der Waals surface area contributed by atoms with Crippen molar-refractivity contribution in [3.05, 3.63) is 56.6 Å². The van der Waals surface area contributed by atoms with Crippen molar-refractivity contribution in [3.63, 3.8) is 0 Å². The van der Waals surface area contributed by atoms with Crippen LogP contribution in [0.4, 0.5) is 5.69 Å². The van der Waals surface area contributed by atoms with Crippen molar-refractivity contribution in [2.45, 2.75) is 92.2 Å². The highest BCUT2D eigenvalue weighted by atomic mass is 16.4. The van der Waals surface area contributed by atoms with Crippen LogP contribution in [-0.4, -0.2) is 31.7 Å². The first-order chi connectivity index (χ1) is 17.3. The fraction of sp³-hybridized carbons (Fsp3) is 0.655. The average molecular weight is 513 g/mol. The molecule has 0 unspecified atom stereocenters. The van der Waals surface area contributed by atoms with E-state index in [0.717, 1.165) is 37.2 Å². The van der Waals surface area contributed by atoms with Gasteiger partial charge in [0.1, 0.15) is 18.1 Å². The van der Waals surface area contributed by atoms with Gasteiger partial charge in [0.2, 0.25) is 0 Å². The molecule has 2 aromatic rings. The fourth-order valence-corrected chi connectivity index (χ4v) is 6.99. The molecule has 2 aliphatic rings. The molecule has 0 amide bonds. The van der Waals surface area contributed by atoms with Crippen LogP contribution < -0.4 is 16.4 Å². The van der Waals surface area contributed by atoms with Crippen molar-refractivity contribution in [1.82, 2.24) is 14.1 Å². The van der Waals surface area contributed by atoms with E-state index in [9.17, 15) is 14.4 Å². The molecule has 37 heavy (non-hydrogen) atoms. The van der Waals surface area contributed by atoms with Crippen LogP contribution in [0.25, 0.3) is 0 Å². The minimum absolute atomic E-state index is 0.0410. The number of hydrogen-bond acceptors (Lipinski definition) is 5. The zero-order valence-corrected chi connectivity index (χ0v) is 23.7. The average Bonchev–Trinajstić information content (AvgIpc) is 3.41. The number of carboxylic acids is 1. The van der Waals surface area contributed by atoms with Crippen LogP contribution in [0, 0.1) is 23.7 Å². The van der Waals surface area contributed by atoms with E-state index in [2.05, 4.69) is 65.7 Å². The Morgan fingerprint density at radius 3 is 1.97 bits per heavy atom. The van der Waals surface area contributed by atoms with E-state index in [4.69, 9.17) is 5.11 Å². The lowest BCUT2D eigenvalue weighted by Gasteiger charge is -2.40. The maximum absolute atomic E-state index is 12.8. The standard InChI is InChI=1S/C16H24N2O3.C13H20N2O/c1-10(2)16(11(3)4)8-7-12-5-6-13(15(21)18(12)16)17-9-14(19)20;1-9(2)13(10(3)4)7-5-11-14-8-6-12(16)15(11)13/h5-6,10-11,17H,7-9H2,1-4H3,(H,19,20);6,8-10H,5,7H2,1-4H3. The number of anilines is 1. The normalized spacial score (nSPS) is 17.1. The predicted molar refractivity (Wildman–Crippen MR) is 147 cm³/mol. The maximum Gasteiger partial charge on any atom is 0.322 e. The second-order valence-corrected chi connectivity index (χ2v) is 11.8. The fourth-order valence-electron chi connectivity index (χ4n) is 6.99. The van der Waals surface area contributed by atoms with Gasteiger partial charge in [0.05, 0.1) is 11.1 Å². The molecule has 8 nitrogen and oxygen atoms in total. The van der Waals surface area contributed by atoms with E-state index in [1.54, 1.807) is 18.3 Å². The molecule has 0 atom stereocenters. The van der Waals surface area contributed by atoms with E-state index in [0.29, 0.717) is 29.4 Å². The quantitative estimate of drug-likeness (QED) is 0.566. The van der Waals surface area contributed by atoms with E-state index in [1.807, 2.05) is 15.2 Å². The summed E-state index contributed by atoms with van der Waals surface area (Å²) in [7, 11) is 0. The minimum atomic E-state index is -0.973. The van der Waals surface area contributed by atoms with Crippen LogP contribution in [0.3, 0.4) is 0 Å². The van der Waals surface area contributed by atoms with Crippen molar-refractivity contribution in [1.29, 1.82) is 0 Å². The number of nitrogens with zero attached hydrogens (tertiary/aromatic N) is 3. The number of nitrogens with one attached hydrogen (secondary N) is 1. The summed E-state index contributed by atoms with van der Waals surface area (Å²) in [6.07, 6.45) is 5.44. The van der Waals surface area contributed by atoms with Crippen LogP contribution in [-0.2, 0) is 28.7 Å². The number of aryl methyl sites for hydroxylation is 2. The summed E-state index contributed by atoms with van der Waals surface area (Å²) >= 11 is 0. The van der Waals surface area contributed by atoms with Gasteiger partial charge in [-0.15, -0.1) is 0 Å². The molecule has 0 spiro atoms. The summed E-state index contributed by atoms with van der Waals surface area (Å²) < 4.78 is 3.86. The molecular formula is C29H44N4O4. The Morgan fingerprint density at radius 2 is 1.43 bits per heavy atom. The van der Waals surface area contributed by atoms with Gasteiger partial charge in [0.15, 0.2) is 0 Å². The van der Waals surface area contributed by atoms with Gasteiger partial charge >= 0.3 is 5.97 Å².